The molecule has 4 heterocycles. The van der Waals surface area contributed by atoms with Crippen LogP contribution >= 0.6 is 0 Å². The predicted molar refractivity (Wildman–Crippen MR) is 144 cm³/mol. The second kappa shape index (κ2) is 9.15. The highest BCUT2D eigenvalue weighted by atomic mass is 16.2. The van der Waals surface area contributed by atoms with Crippen molar-refractivity contribution >= 4 is 27.8 Å². The van der Waals surface area contributed by atoms with Crippen molar-refractivity contribution in [2.24, 2.45) is 7.05 Å². The molecule has 6 nitrogen and oxygen atoms in total. The molecule has 1 saturated heterocycles. The standard InChI is InChI=1S/C29H37N5O/c1-18(2)26-23-16-21(20-11-14-34(15-12-20)17-25(35)32(4)5)9-10-24(23)31-28(26)27-19(3)33(6)29-22(27)8-7-13-30-29/h7-10,13,16,18,20,31H,11-12,14-15,17H2,1-6H3. The fourth-order valence-electron chi connectivity index (χ4n) is 5.73. The zero-order valence-electron chi connectivity index (χ0n) is 21.9. The minimum absolute atomic E-state index is 0.185. The molecule has 0 atom stereocenters. The second-order valence-corrected chi connectivity index (χ2v) is 10.6. The Bertz CT molecular complexity index is 1390. The molecule has 6 heteroatoms. The van der Waals surface area contributed by atoms with E-state index in [1.807, 2.05) is 26.4 Å². The summed E-state index contributed by atoms with van der Waals surface area (Å²) in [5, 5.41) is 2.53. The van der Waals surface area contributed by atoms with E-state index in [4.69, 9.17) is 0 Å². The summed E-state index contributed by atoms with van der Waals surface area (Å²) >= 11 is 0. The van der Waals surface area contributed by atoms with Crippen molar-refractivity contribution in [1.29, 1.82) is 0 Å². The highest BCUT2D eigenvalue weighted by Gasteiger charge is 2.25. The van der Waals surface area contributed by atoms with Gasteiger partial charge in [-0.3, -0.25) is 9.69 Å². The fourth-order valence-corrected chi connectivity index (χ4v) is 5.73. The number of likely N-dealkylation sites (N-methyl/N-ethyl adjacent to an activating group) is 1. The number of nitrogens with zero attached hydrogens (tertiary/aromatic N) is 4. The maximum absolute atomic E-state index is 12.1. The maximum Gasteiger partial charge on any atom is 0.236 e. The van der Waals surface area contributed by atoms with Gasteiger partial charge in [-0.25, -0.2) is 4.98 Å². The Morgan fingerprint density at radius 3 is 2.60 bits per heavy atom. The number of aryl methyl sites for hydroxylation is 1. The van der Waals surface area contributed by atoms with Gasteiger partial charge in [0, 0.05) is 54.9 Å². The predicted octanol–water partition coefficient (Wildman–Crippen LogP) is 5.42. The Morgan fingerprint density at radius 1 is 1.17 bits per heavy atom. The third-order valence-electron chi connectivity index (χ3n) is 7.85. The molecule has 1 amide bonds. The summed E-state index contributed by atoms with van der Waals surface area (Å²) < 4.78 is 2.19. The molecule has 1 aliphatic heterocycles. The van der Waals surface area contributed by atoms with Gasteiger partial charge in [-0.2, -0.15) is 0 Å². The van der Waals surface area contributed by atoms with E-state index in [1.54, 1.807) is 4.90 Å². The highest BCUT2D eigenvalue weighted by Crippen LogP contribution is 2.42. The summed E-state index contributed by atoms with van der Waals surface area (Å²) in [5.41, 5.74) is 8.73. The zero-order valence-corrected chi connectivity index (χ0v) is 21.9. The van der Waals surface area contributed by atoms with Crippen LogP contribution in [-0.2, 0) is 11.8 Å². The first kappa shape index (κ1) is 23.6. The van der Waals surface area contributed by atoms with Crippen LogP contribution in [0, 0.1) is 6.92 Å². The largest absolute Gasteiger partial charge is 0.354 e. The molecular weight excluding hydrogens is 434 g/mol. The maximum atomic E-state index is 12.1. The number of aromatic amines is 1. The molecule has 35 heavy (non-hydrogen) atoms. The Balaban J connectivity index is 1.50. The topological polar surface area (TPSA) is 57.2 Å². The number of H-pyrrole nitrogens is 1. The molecule has 0 saturated carbocycles. The molecular formula is C29H37N5O. The third-order valence-corrected chi connectivity index (χ3v) is 7.85. The fraction of sp³-hybridized carbons (Fsp3) is 0.448. The molecule has 1 fully saturated rings. The molecule has 0 unspecified atom stereocenters. The minimum Gasteiger partial charge on any atom is -0.354 e. The van der Waals surface area contributed by atoms with Crippen molar-refractivity contribution in [2.45, 2.75) is 45.4 Å². The van der Waals surface area contributed by atoms with Gasteiger partial charge in [0.25, 0.3) is 0 Å². The quantitative estimate of drug-likeness (QED) is 0.423. The number of carbonyl (C=O) groups is 1. The third kappa shape index (κ3) is 4.14. The summed E-state index contributed by atoms with van der Waals surface area (Å²) in [6, 6.07) is 11.2. The number of benzene rings is 1. The monoisotopic (exact) mass is 471 g/mol. The number of carbonyl (C=O) groups excluding carboxylic acids is 1. The van der Waals surface area contributed by atoms with Crippen LogP contribution in [0.15, 0.2) is 36.5 Å². The van der Waals surface area contributed by atoms with Crippen LogP contribution < -0.4 is 0 Å². The molecule has 0 radical (unpaired) electrons. The smallest absolute Gasteiger partial charge is 0.236 e. The lowest BCUT2D eigenvalue weighted by Gasteiger charge is -2.32. The van der Waals surface area contributed by atoms with Crippen molar-refractivity contribution in [3.8, 4) is 11.3 Å². The highest BCUT2D eigenvalue weighted by molar-refractivity contribution is 6.01. The van der Waals surface area contributed by atoms with Gasteiger partial charge in [0.15, 0.2) is 0 Å². The number of fused-ring (bicyclic) bond motifs is 2. The van der Waals surface area contributed by atoms with Gasteiger partial charge in [-0.1, -0.05) is 19.9 Å². The van der Waals surface area contributed by atoms with E-state index in [2.05, 4.69) is 71.5 Å². The van der Waals surface area contributed by atoms with Crippen LogP contribution in [0.5, 0.6) is 0 Å². The molecule has 0 spiro atoms. The van der Waals surface area contributed by atoms with Crippen LogP contribution in [0.4, 0.5) is 0 Å². The van der Waals surface area contributed by atoms with E-state index >= 15 is 0 Å². The number of amides is 1. The van der Waals surface area contributed by atoms with Crippen molar-refractivity contribution < 1.29 is 4.79 Å². The number of rotatable bonds is 5. The number of aromatic nitrogens is 3. The Morgan fingerprint density at radius 2 is 1.91 bits per heavy atom. The SMILES string of the molecule is Cc1c(-c2[nH]c3ccc(C4CCN(CC(=O)N(C)C)CC4)cc3c2C(C)C)c2cccnc2n1C. The average molecular weight is 472 g/mol. The van der Waals surface area contributed by atoms with E-state index in [0.717, 1.165) is 31.6 Å². The molecule has 1 aliphatic rings. The summed E-state index contributed by atoms with van der Waals surface area (Å²) in [5.74, 6) is 1.11. The molecule has 1 aromatic carbocycles. The first-order valence-electron chi connectivity index (χ1n) is 12.7. The first-order chi connectivity index (χ1) is 16.8. The Labute approximate surface area is 207 Å². The molecule has 0 aliphatic carbocycles. The van der Waals surface area contributed by atoms with Crippen molar-refractivity contribution in [3.05, 3.63) is 53.3 Å². The first-order valence-corrected chi connectivity index (χ1v) is 12.7. The van der Waals surface area contributed by atoms with Crippen LogP contribution in [0.3, 0.4) is 0 Å². The van der Waals surface area contributed by atoms with Crippen LogP contribution in [0.1, 0.15) is 55.3 Å². The molecule has 0 bridgehead atoms. The minimum atomic E-state index is 0.185. The lowest BCUT2D eigenvalue weighted by atomic mass is 9.87. The van der Waals surface area contributed by atoms with Crippen molar-refractivity contribution in [1.82, 2.24) is 24.3 Å². The van der Waals surface area contributed by atoms with E-state index < -0.39 is 0 Å². The number of nitrogens with one attached hydrogen (secondary N) is 1. The van der Waals surface area contributed by atoms with E-state index in [-0.39, 0.29) is 5.91 Å². The van der Waals surface area contributed by atoms with Crippen LogP contribution in [0.25, 0.3) is 33.2 Å². The summed E-state index contributed by atoms with van der Waals surface area (Å²) in [6.07, 6.45) is 4.05. The molecule has 4 aromatic rings. The molecule has 1 N–H and O–H groups in total. The molecule has 5 rings (SSSR count). The van der Waals surface area contributed by atoms with Gasteiger partial charge >= 0.3 is 0 Å². The molecule has 184 valence electrons. The van der Waals surface area contributed by atoms with E-state index in [1.165, 1.54) is 44.4 Å². The van der Waals surface area contributed by atoms with Crippen molar-refractivity contribution in [2.75, 3.05) is 33.7 Å². The normalized spacial score (nSPS) is 15.5. The number of likely N-dealkylation sites (tertiary alicyclic amines) is 1. The lowest BCUT2D eigenvalue weighted by Crippen LogP contribution is -2.40. The number of pyridine rings is 1. The summed E-state index contributed by atoms with van der Waals surface area (Å²) in [7, 11) is 5.76. The van der Waals surface area contributed by atoms with Gasteiger partial charge < -0.3 is 14.5 Å². The summed E-state index contributed by atoms with van der Waals surface area (Å²) in [6.45, 7) is 9.23. The van der Waals surface area contributed by atoms with Crippen LogP contribution in [-0.4, -0.2) is 64.0 Å². The lowest BCUT2D eigenvalue weighted by molar-refractivity contribution is -0.130. The summed E-state index contributed by atoms with van der Waals surface area (Å²) in [4.78, 5) is 24.5. The Hall–Kier alpha value is -3.12. The number of hydrogen-bond donors (Lipinski definition) is 1. The average Bonchev–Trinajstić information content (AvgIpc) is 3.34. The van der Waals surface area contributed by atoms with Gasteiger partial charge in [0.05, 0.1) is 12.2 Å². The Kier molecular flexibility index (Phi) is 6.18. The zero-order chi connectivity index (χ0) is 24.9. The molecule has 3 aromatic heterocycles. The van der Waals surface area contributed by atoms with Gasteiger partial charge in [-0.15, -0.1) is 0 Å². The van der Waals surface area contributed by atoms with E-state index in [0.29, 0.717) is 18.4 Å². The number of piperidine rings is 1. The number of hydrogen-bond acceptors (Lipinski definition) is 3. The van der Waals surface area contributed by atoms with Crippen LogP contribution in [0.2, 0.25) is 0 Å². The van der Waals surface area contributed by atoms with Crippen molar-refractivity contribution in [3.63, 3.8) is 0 Å². The van der Waals surface area contributed by atoms with Gasteiger partial charge in [-0.05, 0) is 80.1 Å². The van der Waals surface area contributed by atoms with E-state index in [9.17, 15) is 4.79 Å². The van der Waals surface area contributed by atoms with Gasteiger partial charge in [0.1, 0.15) is 5.65 Å². The van der Waals surface area contributed by atoms with Gasteiger partial charge in [0.2, 0.25) is 5.91 Å². The second-order valence-electron chi connectivity index (χ2n) is 10.6.